The Bertz CT molecular complexity index is 794. The summed E-state index contributed by atoms with van der Waals surface area (Å²) in [6.07, 6.45) is 1.23. The Morgan fingerprint density at radius 2 is 1.81 bits per heavy atom. The number of hydrogen-bond acceptors (Lipinski definition) is 6. The Hall–Kier alpha value is -2.93. The maximum atomic E-state index is 12.0. The highest BCUT2D eigenvalue weighted by atomic mass is 16.7. The van der Waals surface area contributed by atoms with Crippen LogP contribution in [0.1, 0.15) is 12.0 Å². The average Bonchev–Trinajstić information content (AvgIpc) is 3.15. The van der Waals surface area contributed by atoms with Crippen LogP contribution in [-0.2, 0) is 11.2 Å². The lowest BCUT2D eigenvalue weighted by atomic mass is 10.1. The van der Waals surface area contributed by atoms with Gasteiger partial charge in [-0.05, 0) is 42.8 Å². The van der Waals surface area contributed by atoms with E-state index >= 15 is 0 Å². The second-order valence-corrected chi connectivity index (χ2v) is 6.06. The van der Waals surface area contributed by atoms with Crippen LogP contribution in [0.25, 0.3) is 0 Å². The lowest BCUT2D eigenvalue weighted by Crippen LogP contribution is -2.23. The van der Waals surface area contributed by atoms with Crippen LogP contribution in [-0.4, -0.2) is 40.0 Å². The summed E-state index contributed by atoms with van der Waals surface area (Å²) in [7, 11) is 3.24. The number of carbonyl (C=O) groups excluding carboxylic acids is 1. The van der Waals surface area contributed by atoms with Gasteiger partial charge in [-0.2, -0.15) is 0 Å². The lowest BCUT2D eigenvalue weighted by molar-refractivity contribution is -0.116. The Balaban J connectivity index is 1.37. The normalized spacial score (nSPS) is 11.9. The molecule has 27 heavy (non-hydrogen) atoms. The molecule has 1 heterocycles. The highest BCUT2D eigenvalue weighted by Gasteiger charge is 2.14. The Morgan fingerprint density at radius 1 is 1.00 bits per heavy atom. The number of fused-ring (bicyclic) bond motifs is 1. The van der Waals surface area contributed by atoms with Crippen molar-refractivity contribution in [3.05, 3.63) is 42.0 Å². The van der Waals surface area contributed by atoms with Gasteiger partial charge in [0.2, 0.25) is 12.7 Å². The van der Waals surface area contributed by atoms with E-state index in [2.05, 4.69) is 10.6 Å². The molecule has 2 aromatic carbocycles. The third-order valence-corrected chi connectivity index (χ3v) is 4.22. The number of benzene rings is 2. The van der Waals surface area contributed by atoms with Gasteiger partial charge >= 0.3 is 0 Å². The summed E-state index contributed by atoms with van der Waals surface area (Å²) in [5.74, 6) is 2.74. The standard InChI is InChI=1S/C20H24N2O5/c1-24-16-5-3-14(11-18(16)25-2)7-9-21-10-8-20(23)22-15-4-6-17-19(12-15)27-13-26-17/h3-6,11-12,21H,7-10,13H2,1-2H3,(H,22,23). The van der Waals surface area contributed by atoms with Crippen LogP contribution in [0.2, 0.25) is 0 Å². The van der Waals surface area contributed by atoms with Gasteiger partial charge in [0.1, 0.15) is 0 Å². The van der Waals surface area contributed by atoms with Crippen molar-refractivity contribution in [2.24, 2.45) is 0 Å². The average molecular weight is 372 g/mol. The molecule has 0 aromatic heterocycles. The third kappa shape index (κ3) is 5.04. The number of carbonyl (C=O) groups is 1. The molecule has 144 valence electrons. The predicted octanol–water partition coefficient (Wildman–Crippen LogP) is 2.59. The number of rotatable bonds is 9. The van der Waals surface area contributed by atoms with Gasteiger partial charge in [0, 0.05) is 24.7 Å². The van der Waals surface area contributed by atoms with Crippen molar-refractivity contribution in [3.8, 4) is 23.0 Å². The second kappa shape index (κ2) is 9.14. The molecule has 0 fully saturated rings. The number of hydrogen-bond donors (Lipinski definition) is 2. The van der Waals surface area contributed by atoms with Gasteiger partial charge < -0.3 is 29.6 Å². The van der Waals surface area contributed by atoms with Gasteiger partial charge in [0.05, 0.1) is 14.2 Å². The minimum Gasteiger partial charge on any atom is -0.493 e. The van der Waals surface area contributed by atoms with Crippen molar-refractivity contribution in [1.29, 1.82) is 0 Å². The van der Waals surface area contributed by atoms with Crippen molar-refractivity contribution in [1.82, 2.24) is 5.32 Å². The van der Waals surface area contributed by atoms with E-state index < -0.39 is 0 Å². The van der Waals surface area contributed by atoms with E-state index in [-0.39, 0.29) is 12.7 Å². The molecular weight excluding hydrogens is 348 g/mol. The third-order valence-electron chi connectivity index (χ3n) is 4.22. The maximum Gasteiger partial charge on any atom is 0.231 e. The predicted molar refractivity (Wildman–Crippen MR) is 102 cm³/mol. The summed E-state index contributed by atoms with van der Waals surface area (Å²) in [6.45, 7) is 1.59. The molecule has 0 saturated carbocycles. The van der Waals surface area contributed by atoms with Crippen LogP contribution in [0.5, 0.6) is 23.0 Å². The van der Waals surface area contributed by atoms with Gasteiger partial charge in [-0.25, -0.2) is 0 Å². The van der Waals surface area contributed by atoms with Crippen LogP contribution in [0, 0.1) is 0 Å². The fourth-order valence-electron chi connectivity index (χ4n) is 2.79. The van der Waals surface area contributed by atoms with Crippen LogP contribution >= 0.6 is 0 Å². The first kappa shape index (κ1) is 18.8. The number of methoxy groups -OCH3 is 2. The number of amides is 1. The van der Waals surface area contributed by atoms with E-state index in [1.807, 2.05) is 18.2 Å². The zero-order valence-corrected chi connectivity index (χ0v) is 15.5. The summed E-state index contributed by atoms with van der Waals surface area (Å²) in [5.41, 5.74) is 1.85. The minimum absolute atomic E-state index is 0.0486. The number of nitrogens with one attached hydrogen (secondary N) is 2. The van der Waals surface area contributed by atoms with E-state index in [1.165, 1.54) is 0 Å². The van der Waals surface area contributed by atoms with Crippen molar-refractivity contribution < 1.29 is 23.7 Å². The first-order valence-corrected chi connectivity index (χ1v) is 8.80. The Morgan fingerprint density at radius 3 is 2.63 bits per heavy atom. The van der Waals surface area contributed by atoms with E-state index in [0.717, 1.165) is 30.0 Å². The zero-order chi connectivity index (χ0) is 19.1. The molecule has 1 aliphatic heterocycles. The monoisotopic (exact) mass is 372 g/mol. The minimum atomic E-state index is -0.0486. The second-order valence-electron chi connectivity index (χ2n) is 6.06. The van der Waals surface area contributed by atoms with Crippen LogP contribution in [0.3, 0.4) is 0 Å². The lowest BCUT2D eigenvalue weighted by Gasteiger charge is -2.10. The van der Waals surface area contributed by atoms with Gasteiger partial charge in [-0.15, -0.1) is 0 Å². The molecule has 1 aliphatic rings. The van der Waals surface area contributed by atoms with Crippen molar-refractivity contribution in [2.75, 3.05) is 39.4 Å². The van der Waals surface area contributed by atoms with Gasteiger partial charge in [0.25, 0.3) is 0 Å². The summed E-state index contributed by atoms with van der Waals surface area (Å²) >= 11 is 0. The number of anilines is 1. The van der Waals surface area contributed by atoms with Gasteiger partial charge in [-0.3, -0.25) is 4.79 Å². The van der Waals surface area contributed by atoms with Gasteiger partial charge in [0.15, 0.2) is 23.0 Å². The van der Waals surface area contributed by atoms with Crippen molar-refractivity contribution in [2.45, 2.75) is 12.8 Å². The molecule has 7 nitrogen and oxygen atoms in total. The molecular formula is C20H24N2O5. The molecule has 0 unspecified atom stereocenters. The summed E-state index contributed by atoms with van der Waals surface area (Å²) < 4.78 is 21.1. The van der Waals surface area contributed by atoms with Crippen molar-refractivity contribution in [3.63, 3.8) is 0 Å². The molecule has 0 bridgehead atoms. The summed E-state index contributed by atoms with van der Waals surface area (Å²) in [6, 6.07) is 11.2. The Labute approximate surface area is 158 Å². The van der Waals surface area contributed by atoms with Crippen LogP contribution in [0.15, 0.2) is 36.4 Å². The molecule has 0 atom stereocenters. The smallest absolute Gasteiger partial charge is 0.231 e. The molecule has 2 N–H and O–H groups in total. The largest absolute Gasteiger partial charge is 0.493 e. The molecule has 0 radical (unpaired) electrons. The van der Waals surface area contributed by atoms with Crippen molar-refractivity contribution >= 4 is 11.6 Å². The highest BCUT2D eigenvalue weighted by Crippen LogP contribution is 2.34. The van der Waals surface area contributed by atoms with E-state index in [9.17, 15) is 4.79 Å². The van der Waals surface area contributed by atoms with Crippen LogP contribution < -0.4 is 29.6 Å². The first-order chi connectivity index (χ1) is 13.2. The zero-order valence-electron chi connectivity index (χ0n) is 15.5. The van der Waals surface area contributed by atoms with E-state index in [1.54, 1.807) is 32.4 Å². The Kier molecular flexibility index (Phi) is 6.38. The molecule has 7 heteroatoms. The van der Waals surface area contributed by atoms with E-state index in [4.69, 9.17) is 18.9 Å². The fourth-order valence-corrected chi connectivity index (χ4v) is 2.79. The number of ether oxygens (including phenoxy) is 4. The molecule has 0 aliphatic carbocycles. The first-order valence-electron chi connectivity index (χ1n) is 8.80. The van der Waals surface area contributed by atoms with E-state index in [0.29, 0.717) is 30.2 Å². The molecule has 0 saturated heterocycles. The highest BCUT2D eigenvalue weighted by molar-refractivity contribution is 5.91. The maximum absolute atomic E-state index is 12.0. The molecule has 2 aromatic rings. The molecule has 0 spiro atoms. The molecule has 3 rings (SSSR count). The quantitative estimate of drug-likeness (QED) is 0.659. The SMILES string of the molecule is COc1ccc(CCNCCC(=O)Nc2ccc3c(c2)OCO3)cc1OC. The van der Waals surface area contributed by atoms with Gasteiger partial charge in [-0.1, -0.05) is 6.07 Å². The topological polar surface area (TPSA) is 78.1 Å². The summed E-state index contributed by atoms with van der Waals surface area (Å²) in [4.78, 5) is 12.0. The fraction of sp³-hybridized carbons (Fsp3) is 0.350. The summed E-state index contributed by atoms with van der Waals surface area (Å²) in [5, 5.41) is 6.14. The van der Waals surface area contributed by atoms with Crippen LogP contribution in [0.4, 0.5) is 5.69 Å². The molecule has 1 amide bonds.